The summed E-state index contributed by atoms with van der Waals surface area (Å²) in [5.41, 5.74) is 2.19. The quantitative estimate of drug-likeness (QED) is 0.657. The van der Waals surface area contributed by atoms with Gasteiger partial charge in [0, 0.05) is 26.3 Å². The van der Waals surface area contributed by atoms with Crippen molar-refractivity contribution in [2.45, 2.75) is 44.9 Å². The number of carbonyl (C=O) groups excluding carboxylic acids is 1. The fourth-order valence-electron chi connectivity index (χ4n) is 4.42. The summed E-state index contributed by atoms with van der Waals surface area (Å²) in [7, 11) is 1.91. The molecule has 30 heavy (non-hydrogen) atoms. The summed E-state index contributed by atoms with van der Waals surface area (Å²) in [5, 5.41) is 5.59. The molecule has 2 unspecified atom stereocenters. The van der Waals surface area contributed by atoms with Gasteiger partial charge in [-0.1, -0.05) is 48.5 Å². The number of pyridine rings is 1. The number of likely N-dealkylation sites (tertiary alicyclic amines) is 1. The fourth-order valence-corrected chi connectivity index (χ4v) is 4.42. The lowest BCUT2D eigenvalue weighted by atomic mass is 10.00. The minimum Gasteiger partial charge on any atom is -0.331 e. The van der Waals surface area contributed by atoms with Gasteiger partial charge in [-0.15, -0.1) is 0 Å². The summed E-state index contributed by atoms with van der Waals surface area (Å²) in [6.07, 6.45) is 5.20. The number of carbonyl (C=O) groups is 1. The van der Waals surface area contributed by atoms with Crippen molar-refractivity contribution in [1.29, 1.82) is 0 Å². The number of piperidine rings is 1. The third-order valence-corrected chi connectivity index (χ3v) is 6.07. The van der Waals surface area contributed by atoms with Gasteiger partial charge in [-0.2, -0.15) is 0 Å². The van der Waals surface area contributed by atoms with Gasteiger partial charge in [0.1, 0.15) is 0 Å². The normalized spacial score (nSPS) is 18.1. The molecule has 0 saturated carbocycles. The zero-order chi connectivity index (χ0) is 20.9. The number of aromatic nitrogens is 1. The van der Waals surface area contributed by atoms with Gasteiger partial charge in [-0.05, 0) is 54.7 Å². The van der Waals surface area contributed by atoms with Gasteiger partial charge in [0.05, 0.1) is 17.9 Å². The van der Waals surface area contributed by atoms with E-state index in [-0.39, 0.29) is 18.2 Å². The lowest BCUT2D eigenvalue weighted by Gasteiger charge is -2.41. The predicted molar refractivity (Wildman–Crippen MR) is 121 cm³/mol. The van der Waals surface area contributed by atoms with E-state index in [2.05, 4.69) is 52.5 Å². The topological polar surface area (TPSA) is 48.5 Å². The van der Waals surface area contributed by atoms with Gasteiger partial charge in [0.25, 0.3) is 0 Å². The number of fused-ring (bicyclic) bond motifs is 1. The zero-order valence-corrected chi connectivity index (χ0v) is 17.8. The average Bonchev–Trinajstić information content (AvgIpc) is 2.79. The number of hydrogen-bond donors (Lipinski definition) is 1. The highest BCUT2D eigenvalue weighted by atomic mass is 16.2. The maximum atomic E-state index is 13.1. The van der Waals surface area contributed by atoms with Crippen LogP contribution in [0.5, 0.6) is 0 Å². The molecule has 0 spiro atoms. The predicted octanol–water partition coefficient (Wildman–Crippen LogP) is 4.95. The molecule has 3 aromatic rings. The van der Waals surface area contributed by atoms with Crippen LogP contribution in [0.25, 0.3) is 10.8 Å². The molecule has 2 atom stereocenters. The van der Waals surface area contributed by atoms with Crippen LogP contribution in [0.1, 0.15) is 43.5 Å². The smallest absolute Gasteiger partial charge is 0.318 e. The molecule has 1 aromatic heterocycles. The van der Waals surface area contributed by atoms with E-state index in [1.165, 1.54) is 10.8 Å². The number of benzene rings is 2. The first-order chi connectivity index (χ1) is 14.6. The Morgan fingerprint density at radius 1 is 1.13 bits per heavy atom. The third-order valence-electron chi connectivity index (χ3n) is 6.07. The SMILES string of the molecule is CC(NC(=O)N(C)C1CCCCN1Cc1ccccn1)c1cccc2ccccc12. The van der Waals surface area contributed by atoms with E-state index in [4.69, 9.17) is 0 Å². The molecule has 1 N–H and O–H groups in total. The first-order valence-electron chi connectivity index (χ1n) is 10.8. The van der Waals surface area contributed by atoms with E-state index >= 15 is 0 Å². The summed E-state index contributed by atoms with van der Waals surface area (Å²) in [5.74, 6) is 0. The van der Waals surface area contributed by atoms with Crippen LogP contribution in [0, 0.1) is 0 Å². The molecule has 0 radical (unpaired) electrons. The average molecular weight is 403 g/mol. The lowest BCUT2D eigenvalue weighted by molar-refractivity contribution is 0.0422. The van der Waals surface area contributed by atoms with Gasteiger partial charge < -0.3 is 10.2 Å². The number of nitrogens with one attached hydrogen (secondary N) is 1. The van der Waals surface area contributed by atoms with Crippen LogP contribution >= 0.6 is 0 Å². The van der Waals surface area contributed by atoms with Gasteiger partial charge in [0.15, 0.2) is 0 Å². The molecule has 2 heterocycles. The summed E-state index contributed by atoms with van der Waals surface area (Å²) in [4.78, 5) is 21.8. The second-order valence-corrected chi connectivity index (χ2v) is 8.12. The van der Waals surface area contributed by atoms with Crippen molar-refractivity contribution in [2.75, 3.05) is 13.6 Å². The number of urea groups is 1. The van der Waals surface area contributed by atoms with Crippen LogP contribution in [-0.2, 0) is 6.54 Å². The van der Waals surface area contributed by atoms with Crippen LogP contribution in [0.4, 0.5) is 4.79 Å². The Morgan fingerprint density at radius 3 is 2.77 bits per heavy atom. The second kappa shape index (κ2) is 9.26. The second-order valence-electron chi connectivity index (χ2n) is 8.12. The monoisotopic (exact) mass is 402 g/mol. The highest BCUT2D eigenvalue weighted by molar-refractivity contribution is 5.86. The fraction of sp³-hybridized carbons (Fsp3) is 0.360. The summed E-state index contributed by atoms with van der Waals surface area (Å²) in [6, 6.07) is 20.5. The lowest BCUT2D eigenvalue weighted by Crippen LogP contribution is -2.54. The van der Waals surface area contributed by atoms with Crippen LogP contribution in [0.15, 0.2) is 66.9 Å². The van der Waals surface area contributed by atoms with Crippen molar-refractivity contribution >= 4 is 16.8 Å². The van der Waals surface area contributed by atoms with E-state index in [0.717, 1.165) is 43.6 Å². The Hall–Kier alpha value is -2.92. The highest BCUT2D eigenvalue weighted by Gasteiger charge is 2.29. The molecule has 4 rings (SSSR count). The molecule has 5 heteroatoms. The Labute approximate surface area is 178 Å². The molecule has 156 valence electrons. The molecule has 2 amide bonds. The minimum atomic E-state index is -0.0705. The van der Waals surface area contributed by atoms with E-state index in [0.29, 0.717) is 0 Å². The van der Waals surface area contributed by atoms with Gasteiger partial charge >= 0.3 is 6.03 Å². The summed E-state index contributed by atoms with van der Waals surface area (Å²) >= 11 is 0. The zero-order valence-electron chi connectivity index (χ0n) is 17.8. The highest BCUT2D eigenvalue weighted by Crippen LogP contribution is 2.25. The Kier molecular flexibility index (Phi) is 6.29. The van der Waals surface area contributed by atoms with Gasteiger partial charge in [-0.25, -0.2) is 4.79 Å². The molecule has 1 aliphatic heterocycles. The van der Waals surface area contributed by atoms with E-state index < -0.39 is 0 Å². The Bertz CT molecular complexity index is 985. The van der Waals surface area contributed by atoms with E-state index in [1.807, 2.05) is 48.5 Å². The van der Waals surface area contributed by atoms with Crippen molar-refractivity contribution < 1.29 is 4.79 Å². The van der Waals surface area contributed by atoms with Gasteiger partial charge in [-0.3, -0.25) is 9.88 Å². The maximum absolute atomic E-state index is 13.1. The van der Waals surface area contributed by atoms with Crippen molar-refractivity contribution in [3.8, 4) is 0 Å². The first kappa shape index (κ1) is 20.4. The largest absolute Gasteiger partial charge is 0.331 e. The van der Waals surface area contributed by atoms with Crippen molar-refractivity contribution in [3.05, 3.63) is 78.1 Å². The van der Waals surface area contributed by atoms with E-state index in [9.17, 15) is 4.79 Å². The summed E-state index contributed by atoms with van der Waals surface area (Å²) < 4.78 is 0. The molecule has 0 aliphatic carbocycles. The number of rotatable bonds is 5. The summed E-state index contributed by atoms with van der Waals surface area (Å²) in [6.45, 7) is 3.81. The van der Waals surface area contributed by atoms with Gasteiger partial charge in [0.2, 0.25) is 0 Å². The molecule has 1 aliphatic rings. The standard InChI is InChI=1S/C25H30N4O/c1-19(22-14-9-11-20-10-3-4-13-23(20)22)27-25(30)28(2)24-15-6-8-17-29(24)18-21-12-5-7-16-26-21/h3-5,7,9-14,16,19,24H,6,8,15,17-18H2,1-2H3,(H,27,30). The molecule has 0 bridgehead atoms. The Balaban J connectivity index is 1.46. The number of nitrogens with zero attached hydrogens (tertiary/aromatic N) is 3. The molecule has 2 aromatic carbocycles. The molecule has 1 saturated heterocycles. The first-order valence-corrected chi connectivity index (χ1v) is 10.8. The van der Waals surface area contributed by atoms with Crippen LogP contribution in [0.3, 0.4) is 0 Å². The number of hydrogen-bond acceptors (Lipinski definition) is 3. The number of amides is 2. The van der Waals surface area contributed by atoms with Crippen LogP contribution in [0.2, 0.25) is 0 Å². The Morgan fingerprint density at radius 2 is 1.93 bits per heavy atom. The van der Waals surface area contributed by atoms with E-state index in [1.54, 1.807) is 0 Å². The minimum absolute atomic E-state index is 0.0339. The molecular formula is C25H30N4O. The van der Waals surface area contributed by atoms with Crippen molar-refractivity contribution in [2.24, 2.45) is 0 Å². The van der Waals surface area contributed by atoms with Crippen LogP contribution in [-0.4, -0.2) is 40.6 Å². The molecule has 5 nitrogen and oxygen atoms in total. The third kappa shape index (κ3) is 4.46. The molecular weight excluding hydrogens is 372 g/mol. The van der Waals surface area contributed by atoms with Crippen molar-refractivity contribution in [3.63, 3.8) is 0 Å². The van der Waals surface area contributed by atoms with Crippen molar-refractivity contribution in [1.82, 2.24) is 20.1 Å². The maximum Gasteiger partial charge on any atom is 0.318 e. The van der Waals surface area contributed by atoms with Crippen LogP contribution < -0.4 is 5.32 Å². The molecule has 1 fully saturated rings.